The van der Waals surface area contributed by atoms with Gasteiger partial charge in [-0.25, -0.2) is 0 Å². The Morgan fingerprint density at radius 2 is 1.82 bits per heavy atom. The summed E-state index contributed by atoms with van der Waals surface area (Å²) in [4.78, 5) is 12.5. The van der Waals surface area contributed by atoms with Crippen LogP contribution in [0.15, 0.2) is 18.2 Å². The minimum atomic E-state index is -0.399. The highest BCUT2D eigenvalue weighted by Crippen LogP contribution is 2.57. The number of amides is 1. The molecule has 1 N–H and O–H groups in total. The average Bonchev–Trinajstić information content (AvgIpc) is 3.00. The van der Waals surface area contributed by atoms with E-state index in [0.29, 0.717) is 25.0 Å². The predicted molar refractivity (Wildman–Crippen MR) is 82.9 cm³/mol. The topological polar surface area (TPSA) is 47.6 Å². The molecular formula is C18H23NO3. The van der Waals surface area contributed by atoms with Gasteiger partial charge >= 0.3 is 0 Å². The number of carbonyl (C=O) groups excluding carboxylic acids is 1. The van der Waals surface area contributed by atoms with Crippen LogP contribution in [0.4, 0.5) is 0 Å². The molecule has 0 spiro atoms. The predicted octanol–water partition coefficient (Wildman–Crippen LogP) is 2.86. The van der Waals surface area contributed by atoms with Crippen LogP contribution in [0.2, 0.25) is 0 Å². The number of hydrogen-bond donors (Lipinski definition) is 1. The standard InChI is InChI=1S/C18H23NO3/c1-18(2,19-17(20)16-12-4-3-5-13(12)16)11-6-7-14-15(10-11)22-9-8-21-14/h6-7,10,12-13,16H,3-5,8-9H2,1-2H3,(H,19,20)/t12-,13-/m1/s1. The van der Waals surface area contributed by atoms with Crippen molar-refractivity contribution in [3.8, 4) is 11.5 Å². The van der Waals surface area contributed by atoms with Crippen LogP contribution < -0.4 is 14.8 Å². The second kappa shape index (κ2) is 4.90. The molecule has 1 aliphatic heterocycles. The summed E-state index contributed by atoms with van der Waals surface area (Å²) in [6, 6.07) is 5.94. The molecule has 4 heteroatoms. The van der Waals surface area contributed by atoms with Gasteiger partial charge in [-0.05, 0) is 56.2 Å². The first-order chi connectivity index (χ1) is 10.6. The molecule has 0 bridgehead atoms. The minimum absolute atomic E-state index is 0.217. The molecule has 0 radical (unpaired) electrons. The van der Waals surface area contributed by atoms with E-state index >= 15 is 0 Å². The molecule has 0 unspecified atom stereocenters. The zero-order valence-electron chi connectivity index (χ0n) is 13.2. The van der Waals surface area contributed by atoms with Crippen molar-refractivity contribution in [2.24, 2.45) is 17.8 Å². The van der Waals surface area contributed by atoms with Gasteiger partial charge in [-0.15, -0.1) is 0 Å². The fourth-order valence-corrected chi connectivity index (χ4v) is 4.11. The Hall–Kier alpha value is -1.71. The molecule has 0 aromatic heterocycles. The highest BCUT2D eigenvalue weighted by atomic mass is 16.6. The molecule has 2 atom stereocenters. The molecule has 2 aliphatic carbocycles. The van der Waals surface area contributed by atoms with Crippen LogP contribution >= 0.6 is 0 Å². The molecule has 0 saturated heterocycles. The summed E-state index contributed by atoms with van der Waals surface area (Å²) in [6.45, 7) is 5.27. The van der Waals surface area contributed by atoms with Crippen molar-refractivity contribution in [2.45, 2.75) is 38.6 Å². The Bertz CT molecular complexity index is 600. The molecule has 1 heterocycles. The van der Waals surface area contributed by atoms with Crippen LogP contribution in [0.25, 0.3) is 0 Å². The average molecular weight is 301 g/mol. The van der Waals surface area contributed by atoms with Crippen molar-refractivity contribution in [3.05, 3.63) is 23.8 Å². The monoisotopic (exact) mass is 301 g/mol. The van der Waals surface area contributed by atoms with E-state index in [1.165, 1.54) is 19.3 Å². The number of fused-ring (bicyclic) bond motifs is 2. The summed E-state index contributed by atoms with van der Waals surface area (Å²) in [6.07, 6.45) is 3.76. The van der Waals surface area contributed by atoms with Gasteiger partial charge in [0.05, 0.1) is 5.54 Å². The van der Waals surface area contributed by atoms with Crippen molar-refractivity contribution in [3.63, 3.8) is 0 Å². The summed E-state index contributed by atoms with van der Waals surface area (Å²) in [5.41, 5.74) is 0.653. The first-order valence-corrected chi connectivity index (χ1v) is 8.28. The number of hydrogen-bond acceptors (Lipinski definition) is 3. The summed E-state index contributed by atoms with van der Waals surface area (Å²) in [7, 11) is 0. The van der Waals surface area contributed by atoms with E-state index in [4.69, 9.17) is 9.47 Å². The molecule has 2 saturated carbocycles. The lowest BCUT2D eigenvalue weighted by Gasteiger charge is -2.29. The van der Waals surface area contributed by atoms with Crippen molar-refractivity contribution >= 4 is 5.91 Å². The van der Waals surface area contributed by atoms with E-state index in [1.807, 2.05) is 18.2 Å². The molecule has 22 heavy (non-hydrogen) atoms. The first-order valence-electron chi connectivity index (χ1n) is 8.28. The van der Waals surface area contributed by atoms with Crippen LogP contribution in [0.5, 0.6) is 11.5 Å². The van der Waals surface area contributed by atoms with Crippen molar-refractivity contribution in [1.82, 2.24) is 5.32 Å². The van der Waals surface area contributed by atoms with E-state index in [2.05, 4.69) is 19.2 Å². The van der Waals surface area contributed by atoms with E-state index in [0.717, 1.165) is 17.1 Å². The van der Waals surface area contributed by atoms with Crippen LogP contribution in [-0.2, 0) is 10.3 Å². The Labute approximate surface area is 131 Å². The van der Waals surface area contributed by atoms with E-state index in [9.17, 15) is 4.79 Å². The van der Waals surface area contributed by atoms with Crippen molar-refractivity contribution in [2.75, 3.05) is 13.2 Å². The third-order valence-electron chi connectivity index (χ3n) is 5.41. The van der Waals surface area contributed by atoms with Crippen LogP contribution in [0.1, 0.15) is 38.7 Å². The fraction of sp³-hybridized carbons (Fsp3) is 0.611. The van der Waals surface area contributed by atoms with Gasteiger partial charge < -0.3 is 14.8 Å². The molecule has 4 rings (SSSR count). The smallest absolute Gasteiger partial charge is 0.224 e. The second-order valence-corrected chi connectivity index (χ2v) is 7.26. The first kappa shape index (κ1) is 13.9. The molecule has 2 fully saturated rings. The Kier molecular flexibility index (Phi) is 3.10. The number of benzene rings is 1. The minimum Gasteiger partial charge on any atom is -0.486 e. The van der Waals surface area contributed by atoms with Gasteiger partial charge in [-0.3, -0.25) is 4.79 Å². The number of rotatable bonds is 3. The van der Waals surface area contributed by atoms with Gasteiger partial charge in [0, 0.05) is 5.92 Å². The normalized spacial score (nSPS) is 28.9. The van der Waals surface area contributed by atoms with Crippen LogP contribution in [-0.4, -0.2) is 19.1 Å². The summed E-state index contributed by atoms with van der Waals surface area (Å²) in [5, 5.41) is 3.23. The maximum absolute atomic E-state index is 12.5. The Morgan fingerprint density at radius 1 is 1.14 bits per heavy atom. The lowest BCUT2D eigenvalue weighted by atomic mass is 9.93. The molecule has 1 amide bonds. The van der Waals surface area contributed by atoms with Gasteiger partial charge in [0.2, 0.25) is 5.91 Å². The largest absolute Gasteiger partial charge is 0.486 e. The van der Waals surface area contributed by atoms with E-state index in [1.54, 1.807) is 0 Å². The Balaban J connectivity index is 1.49. The lowest BCUT2D eigenvalue weighted by Crippen LogP contribution is -2.42. The van der Waals surface area contributed by atoms with Gasteiger partial charge in [0.1, 0.15) is 13.2 Å². The van der Waals surface area contributed by atoms with Crippen LogP contribution in [0, 0.1) is 17.8 Å². The molecule has 3 aliphatic rings. The summed E-state index contributed by atoms with van der Waals surface area (Å²) < 4.78 is 11.2. The SMILES string of the molecule is CC(C)(NC(=O)C1[C@@H]2CCC[C@@H]12)c1ccc2c(c1)OCCO2. The fourth-order valence-electron chi connectivity index (χ4n) is 4.11. The highest BCUT2D eigenvalue weighted by molar-refractivity contribution is 5.83. The maximum Gasteiger partial charge on any atom is 0.224 e. The molecule has 118 valence electrons. The summed E-state index contributed by atoms with van der Waals surface area (Å²) >= 11 is 0. The van der Waals surface area contributed by atoms with E-state index in [-0.39, 0.29) is 11.8 Å². The Morgan fingerprint density at radius 3 is 2.55 bits per heavy atom. The number of nitrogens with one attached hydrogen (secondary N) is 1. The molecule has 1 aromatic carbocycles. The second-order valence-electron chi connectivity index (χ2n) is 7.26. The number of carbonyl (C=O) groups is 1. The van der Waals surface area contributed by atoms with Crippen molar-refractivity contribution < 1.29 is 14.3 Å². The van der Waals surface area contributed by atoms with Gasteiger partial charge in [0.15, 0.2) is 11.5 Å². The van der Waals surface area contributed by atoms with Crippen LogP contribution in [0.3, 0.4) is 0 Å². The number of ether oxygens (including phenoxy) is 2. The molecule has 4 nitrogen and oxygen atoms in total. The third-order valence-corrected chi connectivity index (χ3v) is 5.41. The zero-order chi connectivity index (χ0) is 15.3. The highest BCUT2D eigenvalue weighted by Gasteiger charge is 2.56. The van der Waals surface area contributed by atoms with Gasteiger partial charge in [-0.2, -0.15) is 0 Å². The third kappa shape index (κ3) is 2.25. The molecular weight excluding hydrogens is 278 g/mol. The quantitative estimate of drug-likeness (QED) is 0.934. The molecule has 1 aromatic rings. The van der Waals surface area contributed by atoms with Gasteiger partial charge in [-0.1, -0.05) is 12.5 Å². The van der Waals surface area contributed by atoms with E-state index < -0.39 is 5.54 Å². The van der Waals surface area contributed by atoms with Gasteiger partial charge in [0.25, 0.3) is 0 Å². The van der Waals surface area contributed by atoms with Crippen molar-refractivity contribution in [1.29, 1.82) is 0 Å². The lowest BCUT2D eigenvalue weighted by molar-refractivity contribution is -0.124. The zero-order valence-corrected chi connectivity index (χ0v) is 13.2. The maximum atomic E-state index is 12.5. The summed E-state index contributed by atoms with van der Waals surface area (Å²) in [5.74, 6) is 3.33.